The summed E-state index contributed by atoms with van der Waals surface area (Å²) in [6.07, 6.45) is 0. The third-order valence-electron chi connectivity index (χ3n) is 3.22. The molecule has 2 aromatic rings. The van der Waals surface area contributed by atoms with Gasteiger partial charge in [0.25, 0.3) is 0 Å². The minimum absolute atomic E-state index is 0.208. The molecule has 1 amide bonds. The Morgan fingerprint density at radius 1 is 1.47 bits per heavy atom. The van der Waals surface area contributed by atoms with Crippen LogP contribution in [-0.2, 0) is 9.53 Å². The molecule has 1 aromatic heterocycles. The van der Waals surface area contributed by atoms with Gasteiger partial charge in [0.2, 0.25) is 5.91 Å². The van der Waals surface area contributed by atoms with E-state index in [0.717, 1.165) is 0 Å². The zero-order valence-electron chi connectivity index (χ0n) is 9.93. The molecule has 0 unspecified atom stereocenters. The summed E-state index contributed by atoms with van der Waals surface area (Å²) in [6.45, 7) is 0.157. The molecule has 3 rings (SSSR count). The van der Waals surface area contributed by atoms with Gasteiger partial charge in [-0.3, -0.25) is 9.78 Å². The van der Waals surface area contributed by atoms with Gasteiger partial charge in [-0.1, -0.05) is 0 Å². The van der Waals surface area contributed by atoms with Crippen LogP contribution in [0.4, 0.5) is 5.69 Å². The molecule has 0 saturated carbocycles. The van der Waals surface area contributed by atoms with Gasteiger partial charge in [-0.2, -0.15) is 0 Å². The number of aliphatic hydroxyl groups is 1. The third-order valence-corrected chi connectivity index (χ3v) is 3.22. The highest BCUT2D eigenvalue weighted by Crippen LogP contribution is 2.29. The van der Waals surface area contributed by atoms with Gasteiger partial charge in [-0.25, -0.2) is 4.79 Å². The second-order valence-corrected chi connectivity index (χ2v) is 4.61. The van der Waals surface area contributed by atoms with Crippen LogP contribution in [0.1, 0.15) is 0 Å². The van der Waals surface area contributed by atoms with Crippen molar-refractivity contribution in [3.63, 3.8) is 0 Å². The number of rotatable bonds is 3. The van der Waals surface area contributed by atoms with Crippen molar-refractivity contribution < 1.29 is 19.1 Å². The number of amides is 1. The summed E-state index contributed by atoms with van der Waals surface area (Å²) in [5.74, 6) is -0.843. The normalized spacial score (nSPS) is 17.1. The number of hydrogen-bond donors (Lipinski definition) is 3. The minimum Gasteiger partial charge on any atom is -0.408 e. The maximum Gasteiger partial charge on any atom is 0.417 e. The lowest BCUT2D eigenvalue weighted by Gasteiger charge is -2.37. The van der Waals surface area contributed by atoms with Crippen LogP contribution in [0.3, 0.4) is 0 Å². The SMILES string of the molecule is O=C(Nc1ccc2oc(=O)[nH]c2c1)C1(CO)COC1. The molecule has 2 heterocycles. The lowest BCUT2D eigenvalue weighted by Crippen LogP contribution is -2.54. The highest BCUT2D eigenvalue weighted by molar-refractivity contribution is 5.97. The first kappa shape index (κ1) is 11.9. The Hall–Kier alpha value is -2.12. The monoisotopic (exact) mass is 264 g/mol. The fraction of sp³-hybridized carbons (Fsp3) is 0.333. The summed E-state index contributed by atoms with van der Waals surface area (Å²) in [5, 5.41) is 12.0. The zero-order chi connectivity index (χ0) is 13.5. The van der Waals surface area contributed by atoms with Gasteiger partial charge in [0, 0.05) is 5.69 Å². The van der Waals surface area contributed by atoms with E-state index in [4.69, 9.17) is 9.15 Å². The molecule has 1 aromatic carbocycles. The van der Waals surface area contributed by atoms with Crippen molar-refractivity contribution in [3.05, 3.63) is 28.7 Å². The number of fused-ring (bicyclic) bond motifs is 1. The summed E-state index contributed by atoms with van der Waals surface area (Å²) in [4.78, 5) is 25.6. The molecular formula is C12H12N2O5. The molecule has 7 heteroatoms. The number of aromatic nitrogens is 1. The van der Waals surface area contributed by atoms with Gasteiger partial charge in [-0.05, 0) is 18.2 Å². The smallest absolute Gasteiger partial charge is 0.408 e. The van der Waals surface area contributed by atoms with Gasteiger partial charge in [0.05, 0.1) is 25.3 Å². The van der Waals surface area contributed by atoms with E-state index < -0.39 is 11.2 Å². The van der Waals surface area contributed by atoms with Crippen molar-refractivity contribution in [1.82, 2.24) is 4.98 Å². The molecule has 0 radical (unpaired) electrons. The van der Waals surface area contributed by atoms with E-state index >= 15 is 0 Å². The van der Waals surface area contributed by atoms with Crippen molar-refractivity contribution in [2.24, 2.45) is 5.41 Å². The van der Waals surface area contributed by atoms with E-state index in [0.29, 0.717) is 16.8 Å². The molecule has 3 N–H and O–H groups in total. The van der Waals surface area contributed by atoms with Crippen LogP contribution in [-0.4, -0.2) is 35.8 Å². The first-order valence-corrected chi connectivity index (χ1v) is 5.76. The molecule has 0 aliphatic carbocycles. The number of oxazole rings is 1. The van der Waals surface area contributed by atoms with Gasteiger partial charge >= 0.3 is 5.76 Å². The number of aromatic amines is 1. The largest absolute Gasteiger partial charge is 0.417 e. The molecule has 1 aliphatic rings. The Morgan fingerprint density at radius 2 is 2.26 bits per heavy atom. The van der Waals surface area contributed by atoms with Crippen LogP contribution < -0.4 is 11.1 Å². The van der Waals surface area contributed by atoms with E-state index in [1.165, 1.54) is 0 Å². The first-order chi connectivity index (χ1) is 9.13. The average molecular weight is 264 g/mol. The first-order valence-electron chi connectivity index (χ1n) is 5.76. The summed E-state index contributed by atoms with van der Waals surface area (Å²) in [6, 6.07) is 4.82. The molecule has 0 atom stereocenters. The fourth-order valence-electron chi connectivity index (χ4n) is 1.94. The number of aliphatic hydroxyl groups excluding tert-OH is 1. The molecule has 1 fully saturated rings. The van der Waals surface area contributed by atoms with E-state index in [9.17, 15) is 14.7 Å². The maximum absolute atomic E-state index is 12.0. The lowest BCUT2D eigenvalue weighted by atomic mass is 9.86. The van der Waals surface area contributed by atoms with E-state index in [1.54, 1.807) is 18.2 Å². The molecule has 7 nitrogen and oxygen atoms in total. The summed E-state index contributed by atoms with van der Waals surface area (Å²) in [7, 11) is 0. The maximum atomic E-state index is 12.0. The van der Waals surface area contributed by atoms with Crippen LogP contribution in [0.25, 0.3) is 11.1 Å². The summed E-state index contributed by atoms with van der Waals surface area (Å²) < 4.78 is 9.84. The van der Waals surface area contributed by atoms with Crippen molar-refractivity contribution in [2.45, 2.75) is 0 Å². The number of benzene rings is 1. The highest BCUT2D eigenvalue weighted by Gasteiger charge is 2.45. The molecular weight excluding hydrogens is 252 g/mol. The predicted octanol–water partition coefficient (Wildman–Crippen LogP) is 0.0685. The number of hydrogen-bond acceptors (Lipinski definition) is 5. The molecule has 100 valence electrons. The highest BCUT2D eigenvalue weighted by atomic mass is 16.5. The van der Waals surface area contributed by atoms with Crippen molar-refractivity contribution in [3.8, 4) is 0 Å². The van der Waals surface area contributed by atoms with E-state index in [1.807, 2.05) is 0 Å². The Bertz CT molecular complexity index is 677. The number of carbonyl (C=O) groups is 1. The van der Waals surface area contributed by atoms with Crippen LogP contribution in [0.2, 0.25) is 0 Å². The van der Waals surface area contributed by atoms with E-state index in [2.05, 4.69) is 10.3 Å². The topological polar surface area (TPSA) is 105 Å². The minimum atomic E-state index is -0.862. The molecule has 19 heavy (non-hydrogen) atoms. The number of nitrogens with one attached hydrogen (secondary N) is 2. The Morgan fingerprint density at radius 3 is 2.89 bits per heavy atom. The van der Waals surface area contributed by atoms with Gasteiger partial charge < -0.3 is 19.6 Å². The van der Waals surface area contributed by atoms with Gasteiger partial charge in [0.15, 0.2) is 5.58 Å². The van der Waals surface area contributed by atoms with Crippen molar-refractivity contribution >= 4 is 22.7 Å². The second kappa shape index (κ2) is 4.22. The van der Waals surface area contributed by atoms with Crippen molar-refractivity contribution in [2.75, 3.05) is 25.1 Å². The fourth-order valence-corrected chi connectivity index (χ4v) is 1.94. The quantitative estimate of drug-likeness (QED) is 0.727. The van der Waals surface area contributed by atoms with Crippen molar-refractivity contribution in [1.29, 1.82) is 0 Å². The van der Waals surface area contributed by atoms with Crippen LogP contribution in [0.5, 0.6) is 0 Å². The summed E-state index contributed by atoms with van der Waals surface area (Å²) >= 11 is 0. The Labute approximate surface area is 107 Å². The van der Waals surface area contributed by atoms with Gasteiger partial charge in [-0.15, -0.1) is 0 Å². The van der Waals surface area contributed by atoms with Crippen LogP contribution in [0, 0.1) is 5.41 Å². The zero-order valence-corrected chi connectivity index (χ0v) is 9.93. The van der Waals surface area contributed by atoms with Gasteiger partial charge in [0.1, 0.15) is 5.41 Å². The van der Waals surface area contributed by atoms with E-state index in [-0.39, 0.29) is 25.7 Å². The molecule has 0 bridgehead atoms. The average Bonchev–Trinajstić information content (AvgIpc) is 2.67. The Kier molecular flexibility index (Phi) is 2.65. The summed E-state index contributed by atoms with van der Waals surface area (Å²) in [5.41, 5.74) is 0.588. The number of H-pyrrole nitrogens is 1. The second-order valence-electron chi connectivity index (χ2n) is 4.61. The van der Waals surface area contributed by atoms with Crippen LogP contribution in [0.15, 0.2) is 27.4 Å². The number of carbonyl (C=O) groups excluding carboxylic acids is 1. The lowest BCUT2D eigenvalue weighted by molar-refractivity contribution is -0.164. The third kappa shape index (κ3) is 1.92. The number of ether oxygens (including phenoxy) is 1. The van der Waals surface area contributed by atoms with Crippen LogP contribution >= 0.6 is 0 Å². The molecule has 1 saturated heterocycles. The number of anilines is 1. The molecule has 0 spiro atoms. The molecule has 1 aliphatic heterocycles. The Balaban J connectivity index is 1.84. The predicted molar refractivity (Wildman–Crippen MR) is 65.8 cm³/mol. The standard InChI is InChI=1S/C12H12N2O5/c15-4-12(5-18-6-12)10(16)13-7-1-2-9-8(3-7)14-11(17)19-9/h1-3,15H,4-6H2,(H,13,16)(H,14,17).